The van der Waals surface area contributed by atoms with Gasteiger partial charge in [0.15, 0.2) is 0 Å². The second-order valence-electron chi connectivity index (χ2n) is 5.74. The van der Waals surface area contributed by atoms with Crippen molar-refractivity contribution in [2.75, 3.05) is 32.7 Å². The molecule has 1 aliphatic rings. The maximum Gasteiger partial charge on any atom is 0.0498 e. The van der Waals surface area contributed by atoms with Gasteiger partial charge < -0.3 is 10.6 Å². The summed E-state index contributed by atoms with van der Waals surface area (Å²) in [6.45, 7) is 9.97. The molecule has 3 nitrogen and oxygen atoms in total. The highest BCUT2D eigenvalue weighted by Gasteiger charge is 2.27. The Morgan fingerprint density at radius 2 is 1.95 bits per heavy atom. The largest absolute Gasteiger partial charge is 0.326 e. The molecule has 0 spiro atoms. The van der Waals surface area contributed by atoms with Crippen LogP contribution in [0.4, 0.5) is 0 Å². The molecule has 112 valence electrons. The van der Waals surface area contributed by atoms with E-state index in [0.717, 1.165) is 31.2 Å². The molecule has 0 radical (unpaired) electrons. The van der Waals surface area contributed by atoms with Crippen LogP contribution >= 0.6 is 11.6 Å². The van der Waals surface area contributed by atoms with Crippen molar-refractivity contribution in [3.8, 4) is 0 Å². The van der Waals surface area contributed by atoms with Gasteiger partial charge in [0.1, 0.15) is 0 Å². The Labute approximate surface area is 127 Å². The lowest BCUT2D eigenvalue weighted by molar-refractivity contribution is 0.0868. The van der Waals surface area contributed by atoms with Gasteiger partial charge in [0.05, 0.1) is 0 Å². The molecule has 2 unspecified atom stereocenters. The minimum Gasteiger partial charge on any atom is -0.326 e. The van der Waals surface area contributed by atoms with Crippen LogP contribution in [0.2, 0.25) is 5.02 Å². The first-order chi connectivity index (χ1) is 9.61. The lowest BCUT2D eigenvalue weighted by atomic mass is 9.98. The fourth-order valence-electron chi connectivity index (χ4n) is 3.12. The first-order valence-electron chi connectivity index (χ1n) is 7.59. The summed E-state index contributed by atoms with van der Waals surface area (Å²) in [4.78, 5) is 5.04. The van der Waals surface area contributed by atoms with Crippen molar-refractivity contribution in [1.29, 1.82) is 0 Å². The normalized spacial score (nSPS) is 20.8. The molecule has 1 fully saturated rings. The lowest BCUT2D eigenvalue weighted by Crippen LogP contribution is -2.50. The fraction of sp³-hybridized carbons (Fsp3) is 0.625. The number of halogens is 1. The molecule has 0 aromatic heterocycles. The van der Waals surface area contributed by atoms with E-state index in [4.69, 9.17) is 17.3 Å². The van der Waals surface area contributed by atoms with Gasteiger partial charge in [0.25, 0.3) is 0 Å². The van der Waals surface area contributed by atoms with E-state index in [1.165, 1.54) is 18.5 Å². The highest BCUT2D eigenvalue weighted by Crippen LogP contribution is 2.26. The monoisotopic (exact) mass is 295 g/mol. The molecule has 4 heteroatoms. The summed E-state index contributed by atoms with van der Waals surface area (Å²) in [7, 11) is 0. The molecule has 1 aliphatic heterocycles. The first kappa shape index (κ1) is 15.8. The third kappa shape index (κ3) is 3.95. The van der Waals surface area contributed by atoms with Crippen LogP contribution in [0.1, 0.15) is 31.9 Å². The highest BCUT2D eigenvalue weighted by molar-refractivity contribution is 6.30. The molecule has 1 aromatic carbocycles. The summed E-state index contributed by atoms with van der Waals surface area (Å²) < 4.78 is 0. The number of piperazine rings is 1. The second kappa shape index (κ2) is 7.41. The topological polar surface area (TPSA) is 32.5 Å². The van der Waals surface area contributed by atoms with Crippen LogP contribution < -0.4 is 5.73 Å². The van der Waals surface area contributed by atoms with Crippen molar-refractivity contribution >= 4 is 11.6 Å². The van der Waals surface area contributed by atoms with Crippen molar-refractivity contribution in [2.45, 2.75) is 32.4 Å². The van der Waals surface area contributed by atoms with Crippen LogP contribution in [0.25, 0.3) is 0 Å². The van der Waals surface area contributed by atoms with Crippen molar-refractivity contribution in [1.82, 2.24) is 9.80 Å². The van der Waals surface area contributed by atoms with E-state index in [-0.39, 0.29) is 12.1 Å². The highest BCUT2D eigenvalue weighted by atomic mass is 35.5. The third-order valence-corrected chi connectivity index (χ3v) is 4.26. The predicted octanol–water partition coefficient (Wildman–Crippen LogP) is 2.76. The van der Waals surface area contributed by atoms with Crippen molar-refractivity contribution in [3.05, 3.63) is 34.9 Å². The van der Waals surface area contributed by atoms with E-state index in [9.17, 15) is 0 Å². The van der Waals surface area contributed by atoms with Crippen LogP contribution in [0, 0.1) is 0 Å². The number of rotatable bonds is 5. The number of hydrogen-bond acceptors (Lipinski definition) is 3. The van der Waals surface area contributed by atoms with Gasteiger partial charge in [-0.05, 0) is 37.6 Å². The first-order valence-corrected chi connectivity index (χ1v) is 7.97. The SMILES string of the molecule is CCCN1CCN(C(c2cccc(Cl)c2)C(C)N)CC1. The molecular formula is C16H26ClN3. The van der Waals surface area contributed by atoms with Crippen LogP contribution in [0.15, 0.2) is 24.3 Å². The Morgan fingerprint density at radius 3 is 2.50 bits per heavy atom. The summed E-state index contributed by atoms with van der Waals surface area (Å²) in [6.07, 6.45) is 1.23. The molecule has 2 rings (SSSR count). The van der Waals surface area contributed by atoms with Gasteiger partial charge in [0, 0.05) is 43.3 Å². The summed E-state index contributed by atoms with van der Waals surface area (Å²) in [6, 6.07) is 8.48. The Kier molecular flexibility index (Phi) is 5.85. The molecule has 0 aliphatic carbocycles. The van der Waals surface area contributed by atoms with Crippen molar-refractivity contribution < 1.29 is 0 Å². The average molecular weight is 296 g/mol. The zero-order valence-corrected chi connectivity index (χ0v) is 13.3. The van der Waals surface area contributed by atoms with E-state index in [2.05, 4.69) is 29.7 Å². The molecule has 1 heterocycles. The van der Waals surface area contributed by atoms with Crippen molar-refractivity contribution in [2.24, 2.45) is 5.73 Å². The van der Waals surface area contributed by atoms with Crippen LogP contribution in [-0.2, 0) is 0 Å². The molecule has 1 saturated heterocycles. The summed E-state index contributed by atoms with van der Waals surface area (Å²) >= 11 is 6.13. The fourth-order valence-corrected chi connectivity index (χ4v) is 3.32. The lowest BCUT2D eigenvalue weighted by Gasteiger charge is -2.41. The van der Waals surface area contributed by atoms with Gasteiger partial charge in [-0.2, -0.15) is 0 Å². The second-order valence-corrected chi connectivity index (χ2v) is 6.17. The minimum atomic E-state index is 0.103. The van der Waals surface area contributed by atoms with E-state index in [1.807, 2.05) is 18.2 Å². The van der Waals surface area contributed by atoms with E-state index in [1.54, 1.807) is 0 Å². The molecule has 2 N–H and O–H groups in total. The van der Waals surface area contributed by atoms with Gasteiger partial charge in [0.2, 0.25) is 0 Å². The minimum absolute atomic E-state index is 0.103. The molecular weight excluding hydrogens is 270 g/mol. The van der Waals surface area contributed by atoms with Gasteiger partial charge >= 0.3 is 0 Å². The summed E-state index contributed by atoms with van der Waals surface area (Å²) in [5, 5.41) is 0.790. The molecule has 0 saturated carbocycles. The summed E-state index contributed by atoms with van der Waals surface area (Å²) in [5.74, 6) is 0. The van der Waals surface area contributed by atoms with Crippen LogP contribution in [0.5, 0.6) is 0 Å². The Balaban J connectivity index is 2.07. The van der Waals surface area contributed by atoms with Gasteiger partial charge in [-0.25, -0.2) is 0 Å². The standard InChI is InChI=1S/C16H26ClN3/c1-3-7-19-8-10-20(11-9-19)16(13(2)18)14-5-4-6-15(17)12-14/h4-6,12-13,16H,3,7-11,18H2,1-2H3. The van der Waals surface area contributed by atoms with Crippen molar-refractivity contribution in [3.63, 3.8) is 0 Å². The number of nitrogens with two attached hydrogens (primary N) is 1. The van der Waals surface area contributed by atoms with Gasteiger partial charge in [-0.15, -0.1) is 0 Å². The molecule has 20 heavy (non-hydrogen) atoms. The molecule has 1 aromatic rings. The quantitative estimate of drug-likeness (QED) is 0.906. The molecule has 0 bridgehead atoms. The van der Waals surface area contributed by atoms with E-state index < -0.39 is 0 Å². The van der Waals surface area contributed by atoms with Gasteiger partial charge in [-0.3, -0.25) is 4.90 Å². The predicted molar refractivity (Wildman–Crippen MR) is 86.1 cm³/mol. The summed E-state index contributed by atoms with van der Waals surface area (Å²) in [5.41, 5.74) is 7.48. The van der Waals surface area contributed by atoms with Crippen LogP contribution in [-0.4, -0.2) is 48.6 Å². The number of hydrogen-bond donors (Lipinski definition) is 1. The third-order valence-electron chi connectivity index (χ3n) is 4.03. The van der Waals surface area contributed by atoms with E-state index >= 15 is 0 Å². The molecule has 0 amide bonds. The average Bonchev–Trinajstić information content (AvgIpc) is 2.41. The Hall–Kier alpha value is -0.610. The van der Waals surface area contributed by atoms with E-state index in [0.29, 0.717) is 0 Å². The maximum absolute atomic E-state index is 6.24. The Bertz CT molecular complexity index is 414. The zero-order valence-electron chi connectivity index (χ0n) is 12.6. The van der Waals surface area contributed by atoms with Crippen LogP contribution in [0.3, 0.4) is 0 Å². The smallest absolute Gasteiger partial charge is 0.0498 e. The maximum atomic E-state index is 6.24. The van der Waals surface area contributed by atoms with Gasteiger partial charge in [-0.1, -0.05) is 30.7 Å². The number of benzene rings is 1. The molecule has 2 atom stereocenters. The Morgan fingerprint density at radius 1 is 1.25 bits per heavy atom. The zero-order chi connectivity index (χ0) is 14.5. The number of nitrogens with zero attached hydrogens (tertiary/aromatic N) is 2.